The highest BCUT2D eigenvalue weighted by molar-refractivity contribution is 7.26. The second-order valence-electron chi connectivity index (χ2n) is 24.5. The Morgan fingerprint density at radius 3 is 2.03 bits per heavy atom. The summed E-state index contributed by atoms with van der Waals surface area (Å²) in [6, 6.07) is 50.4. The molecular formula is C64H66BN3S. The Morgan fingerprint density at radius 1 is 0.580 bits per heavy atom. The predicted octanol–water partition coefficient (Wildman–Crippen LogP) is 16.1. The average Bonchev–Trinajstić information content (AvgIpc) is 3.80. The molecule has 0 spiro atoms. The number of anilines is 8. The molecule has 1 saturated carbocycles. The van der Waals surface area contributed by atoms with Gasteiger partial charge in [-0.1, -0.05) is 141 Å². The zero-order chi connectivity index (χ0) is 47.7. The van der Waals surface area contributed by atoms with Crippen LogP contribution >= 0.6 is 11.3 Å². The summed E-state index contributed by atoms with van der Waals surface area (Å²) in [5.74, 6) is 0. The van der Waals surface area contributed by atoms with Crippen molar-refractivity contribution in [2.75, 3.05) is 14.7 Å². The molecule has 0 radical (unpaired) electrons. The van der Waals surface area contributed by atoms with Gasteiger partial charge in [-0.3, -0.25) is 0 Å². The second-order valence-corrected chi connectivity index (χ2v) is 25.5. The van der Waals surface area contributed by atoms with E-state index >= 15 is 0 Å². The first kappa shape index (κ1) is 43.3. The molecule has 1 aromatic heterocycles. The Morgan fingerprint density at radius 2 is 1.26 bits per heavy atom. The molecule has 4 heterocycles. The van der Waals surface area contributed by atoms with Crippen LogP contribution < -0.4 is 31.1 Å². The lowest BCUT2D eigenvalue weighted by atomic mass is 9.33. The number of para-hydroxylation sites is 1. The monoisotopic (exact) mass is 920 g/mol. The quantitative estimate of drug-likeness (QED) is 0.163. The first-order valence-electron chi connectivity index (χ1n) is 25.9. The number of nitrogens with zero attached hydrogens (tertiary/aromatic N) is 3. The van der Waals surface area contributed by atoms with Gasteiger partial charge in [-0.05, 0) is 167 Å². The van der Waals surface area contributed by atoms with Crippen LogP contribution in [0.2, 0.25) is 0 Å². The van der Waals surface area contributed by atoms with Gasteiger partial charge < -0.3 is 14.7 Å². The van der Waals surface area contributed by atoms with E-state index in [1.807, 2.05) is 11.3 Å². The molecule has 0 saturated heterocycles. The molecule has 2 aliphatic carbocycles. The van der Waals surface area contributed by atoms with Crippen LogP contribution in [0.25, 0.3) is 20.2 Å². The largest absolute Gasteiger partial charge is 0.335 e. The van der Waals surface area contributed by atoms with Crippen LogP contribution in [0.3, 0.4) is 0 Å². The number of benzene rings is 7. The van der Waals surface area contributed by atoms with Crippen molar-refractivity contribution in [3.63, 3.8) is 0 Å². The number of fused-ring (bicyclic) bond motifs is 11. The van der Waals surface area contributed by atoms with Crippen molar-refractivity contribution in [1.82, 2.24) is 0 Å². The van der Waals surface area contributed by atoms with Crippen LogP contribution in [0.15, 0.2) is 127 Å². The molecule has 69 heavy (non-hydrogen) atoms. The highest BCUT2D eigenvalue weighted by atomic mass is 32.1. The van der Waals surface area contributed by atoms with Crippen molar-refractivity contribution >= 4 is 100 Å². The average molecular weight is 920 g/mol. The van der Waals surface area contributed by atoms with Gasteiger partial charge in [0.05, 0.1) is 15.9 Å². The Hall–Kier alpha value is -5.78. The molecule has 0 amide bonds. The molecule has 5 heteroatoms. The van der Waals surface area contributed by atoms with Crippen LogP contribution in [-0.2, 0) is 21.7 Å². The Balaban J connectivity index is 1.11. The summed E-state index contributed by atoms with van der Waals surface area (Å²) in [7, 11) is 0. The summed E-state index contributed by atoms with van der Waals surface area (Å²) in [6.07, 6.45) is 7.35. The number of rotatable bonds is 4. The van der Waals surface area contributed by atoms with Gasteiger partial charge in [0.2, 0.25) is 0 Å². The third kappa shape index (κ3) is 5.92. The zero-order valence-electron chi connectivity index (χ0n) is 42.7. The minimum Gasteiger partial charge on any atom is -0.335 e. The molecule has 2 atom stereocenters. The number of hydrogen-bond acceptors (Lipinski definition) is 4. The maximum atomic E-state index is 2.87. The Kier molecular flexibility index (Phi) is 9.03. The van der Waals surface area contributed by atoms with Crippen LogP contribution in [-0.4, -0.2) is 12.3 Å². The summed E-state index contributed by atoms with van der Waals surface area (Å²) < 4.78 is 2.63. The summed E-state index contributed by atoms with van der Waals surface area (Å²) in [5.41, 5.74) is 23.5. The smallest absolute Gasteiger partial charge is 0.252 e. The summed E-state index contributed by atoms with van der Waals surface area (Å²) in [5, 5.41) is 2.63. The van der Waals surface area contributed by atoms with E-state index in [0.717, 1.165) is 0 Å². The predicted molar refractivity (Wildman–Crippen MR) is 300 cm³/mol. The molecule has 0 N–H and O–H groups in total. The van der Waals surface area contributed by atoms with Gasteiger partial charge in [0.1, 0.15) is 0 Å². The van der Waals surface area contributed by atoms with E-state index in [1.54, 1.807) is 5.56 Å². The van der Waals surface area contributed by atoms with Gasteiger partial charge in [0.25, 0.3) is 6.71 Å². The van der Waals surface area contributed by atoms with Crippen LogP contribution in [0, 0.1) is 13.8 Å². The molecule has 346 valence electrons. The topological polar surface area (TPSA) is 9.72 Å². The molecule has 7 aromatic carbocycles. The van der Waals surface area contributed by atoms with E-state index < -0.39 is 0 Å². The molecule has 13 rings (SSSR count). The number of hydrogen-bond donors (Lipinski definition) is 0. The lowest BCUT2D eigenvalue weighted by Crippen LogP contribution is -2.64. The fraction of sp³-hybridized carbons (Fsp3) is 0.344. The maximum Gasteiger partial charge on any atom is 0.252 e. The van der Waals surface area contributed by atoms with Crippen LogP contribution in [0.5, 0.6) is 0 Å². The zero-order valence-corrected chi connectivity index (χ0v) is 43.5. The van der Waals surface area contributed by atoms with Gasteiger partial charge in [0.15, 0.2) is 0 Å². The van der Waals surface area contributed by atoms with Crippen molar-refractivity contribution in [1.29, 1.82) is 0 Å². The van der Waals surface area contributed by atoms with Gasteiger partial charge in [-0.15, -0.1) is 11.3 Å². The van der Waals surface area contributed by atoms with Crippen molar-refractivity contribution in [3.05, 3.63) is 161 Å². The lowest BCUT2D eigenvalue weighted by molar-refractivity contribution is 0.195. The molecule has 8 aromatic rings. The molecule has 1 fully saturated rings. The molecule has 3 nitrogen and oxygen atoms in total. The number of thiophene rings is 1. The fourth-order valence-electron chi connectivity index (χ4n) is 14.2. The van der Waals surface area contributed by atoms with E-state index in [-0.39, 0.29) is 33.9 Å². The highest BCUT2D eigenvalue weighted by Gasteiger charge is 2.61. The van der Waals surface area contributed by atoms with Crippen LogP contribution in [0.1, 0.15) is 134 Å². The first-order valence-corrected chi connectivity index (χ1v) is 26.7. The lowest BCUT2D eigenvalue weighted by Gasteiger charge is -2.53. The van der Waals surface area contributed by atoms with Crippen molar-refractivity contribution < 1.29 is 0 Å². The maximum absolute atomic E-state index is 2.87. The highest BCUT2D eigenvalue weighted by Crippen LogP contribution is 2.62. The van der Waals surface area contributed by atoms with Crippen molar-refractivity contribution in [2.24, 2.45) is 0 Å². The van der Waals surface area contributed by atoms with E-state index in [1.165, 1.54) is 148 Å². The van der Waals surface area contributed by atoms with Gasteiger partial charge in [0, 0.05) is 60.7 Å². The molecule has 0 bridgehead atoms. The van der Waals surface area contributed by atoms with Crippen molar-refractivity contribution in [3.8, 4) is 0 Å². The normalized spacial score (nSPS) is 21.5. The minimum absolute atomic E-state index is 0.0147. The Labute approximate surface area is 415 Å². The SMILES string of the molecule is Cc1cc2c3c(c1)N1c4c(cccc4C4(C)CCCCC14C)B3c1ccc(N(c3ccc(C(C)(C)C)cc3)c3cccc4c3sc3ccccc34)cc1N2c1cc2c(cc1C)C(C)(C)CCC2(C)C. The third-order valence-corrected chi connectivity index (χ3v) is 19.6. The molecular weight excluding hydrogens is 854 g/mol. The van der Waals surface area contributed by atoms with Gasteiger partial charge in [-0.25, -0.2) is 0 Å². The first-order chi connectivity index (χ1) is 32.9. The fourth-order valence-corrected chi connectivity index (χ4v) is 15.4. The van der Waals surface area contributed by atoms with Crippen molar-refractivity contribution in [2.45, 2.75) is 142 Å². The van der Waals surface area contributed by atoms with E-state index in [0.29, 0.717) is 0 Å². The minimum atomic E-state index is -0.0147. The Bertz CT molecular complexity index is 3480. The van der Waals surface area contributed by atoms with E-state index in [4.69, 9.17) is 0 Å². The molecule has 5 aliphatic rings. The van der Waals surface area contributed by atoms with Gasteiger partial charge >= 0.3 is 0 Å². The third-order valence-electron chi connectivity index (χ3n) is 18.4. The number of aryl methyl sites for hydroxylation is 2. The van der Waals surface area contributed by atoms with E-state index in [2.05, 4.69) is 218 Å². The standard InChI is InChI=1S/C64H66BN3S/c1-39-34-54-57-55(35-39)68-58-46(63(10)30-14-15-31-64(63,68)11)20-17-21-50(58)65(57)49-29-28-43(37-53(49)67(54)52-38-48-47(36-40(52)2)61(6,7)32-33-62(48,8)9)66(42-26-24-41(25-27-42)60(3,4)5)51-22-16-19-45-44-18-12-13-23-56(44)69-59(45)51/h12-13,16-29,34-38H,14-15,30-33H2,1-11H3. The van der Waals surface area contributed by atoms with E-state index in [9.17, 15) is 0 Å². The second kappa shape index (κ2) is 14.4. The summed E-state index contributed by atoms with van der Waals surface area (Å²) in [6.45, 7) is 26.8. The summed E-state index contributed by atoms with van der Waals surface area (Å²) >= 11 is 1.91. The van der Waals surface area contributed by atoms with Gasteiger partial charge in [-0.2, -0.15) is 0 Å². The molecule has 3 aliphatic heterocycles. The summed E-state index contributed by atoms with van der Waals surface area (Å²) in [4.78, 5) is 8.15. The van der Waals surface area contributed by atoms with Crippen LogP contribution in [0.4, 0.5) is 45.5 Å². The molecule has 2 unspecified atom stereocenters.